The second-order valence-corrected chi connectivity index (χ2v) is 5.43. The highest BCUT2D eigenvalue weighted by Crippen LogP contribution is 2.29. The molecule has 0 aliphatic rings. The standard InChI is InChI=1S/C20H19N3O4/c1-3-26-17-8-7-14(11-18(17)25-2)20(24)23-15-5-4-6-16(12-15)27-19-13-21-9-10-22-19/h4-13H,3H2,1-2H3,(H,23,24). The third kappa shape index (κ3) is 4.72. The quantitative estimate of drug-likeness (QED) is 0.683. The third-order valence-electron chi connectivity index (χ3n) is 3.58. The number of hydrogen-bond acceptors (Lipinski definition) is 6. The van der Waals surface area contributed by atoms with Crippen molar-refractivity contribution in [3.05, 3.63) is 66.6 Å². The molecule has 1 N–H and O–H groups in total. The van der Waals surface area contributed by atoms with Crippen molar-refractivity contribution in [2.75, 3.05) is 19.0 Å². The first kappa shape index (κ1) is 18.2. The van der Waals surface area contributed by atoms with Crippen LogP contribution in [0.3, 0.4) is 0 Å². The van der Waals surface area contributed by atoms with Gasteiger partial charge in [0, 0.05) is 29.7 Å². The fourth-order valence-electron chi connectivity index (χ4n) is 2.38. The smallest absolute Gasteiger partial charge is 0.255 e. The van der Waals surface area contributed by atoms with E-state index in [4.69, 9.17) is 14.2 Å². The lowest BCUT2D eigenvalue weighted by Gasteiger charge is -2.12. The van der Waals surface area contributed by atoms with Crippen LogP contribution >= 0.6 is 0 Å². The van der Waals surface area contributed by atoms with Crippen molar-refractivity contribution in [2.45, 2.75) is 6.92 Å². The molecule has 0 saturated heterocycles. The van der Waals surface area contributed by atoms with Gasteiger partial charge in [0.05, 0.1) is 19.9 Å². The summed E-state index contributed by atoms with van der Waals surface area (Å²) < 4.78 is 16.4. The molecule has 3 aromatic rings. The van der Waals surface area contributed by atoms with Crippen LogP contribution in [0.5, 0.6) is 23.1 Å². The molecule has 0 unspecified atom stereocenters. The van der Waals surface area contributed by atoms with Crippen molar-refractivity contribution in [1.82, 2.24) is 9.97 Å². The molecule has 1 heterocycles. The lowest BCUT2D eigenvalue weighted by Crippen LogP contribution is -2.12. The van der Waals surface area contributed by atoms with Crippen LogP contribution in [0.25, 0.3) is 0 Å². The Hall–Kier alpha value is -3.61. The molecule has 0 atom stereocenters. The van der Waals surface area contributed by atoms with E-state index in [1.165, 1.54) is 13.3 Å². The summed E-state index contributed by atoms with van der Waals surface area (Å²) in [5.41, 5.74) is 1.05. The molecule has 1 aromatic heterocycles. The van der Waals surface area contributed by atoms with Gasteiger partial charge in [-0.2, -0.15) is 0 Å². The molecular formula is C20H19N3O4. The maximum absolute atomic E-state index is 12.6. The Bertz CT molecular complexity index is 916. The monoisotopic (exact) mass is 365 g/mol. The molecule has 0 bridgehead atoms. The minimum atomic E-state index is -0.270. The average Bonchev–Trinajstić information content (AvgIpc) is 2.69. The minimum absolute atomic E-state index is 0.270. The predicted molar refractivity (Wildman–Crippen MR) is 101 cm³/mol. The van der Waals surface area contributed by atoms with Gasteiger partial charge in [-0.3, -0.25) is 9.78 Å². The van der Waals surface area contributed by atoms with Gasteiger partial charge in [0.25, 0.3) is 5.91 Å². The summed E-state index contributed by atoms with van der Waals surface area (Å²) in [5.74, 6) is 1.74. The maximum Gasteiger partial charge on any atom is 0.255 e. The lowest BCUT2D eigenvalue weighted by molar-refractivity contribution is 0.102. The Balaban J connectivity index is 1.73. The van der Waals surface area contributed by atoms with E-state index in [2.05, 4.69) is 15.3 Å². The molecule has 7 heteroatoms. The molecule has 3 rings (SSSR count). The number of methoxy groups -OCH3 is 1. The molecule has 0 saturated carbocycles. The van der Waals surface area contributed by atoms with Gasteiger partial charge < -0.3 is 19.5 Å². The molecule has 0 radical (unpaired) electrons. The topological polar surface area (TPSA) is 82.6 Å². The lowest BCUT2D eigenvalue weighted by atomic mass is 10.2. The van der Waals surface area contributed by atoms with Crippen LogP contribution in [0.4, 0.5) is 5.69 Å². The van der Waals surface area contributed by atoms with Crippen LogP contribution < -0.4 is 19.5 Å². The number of benzene rings is 2. The van der Waals surface area contributed by atoms with Crippen LogP contribution in [0, 0.1) is 0 Å². The number of nitrogens with one attached hydrogen (secondary N) is 1. The Morgan fingerprint density at radius 2 is 2.00 bits per heavy atom. The van der Waals surface area contributed by atoms with E-state index in [1.54, 1.807) is 54.9 Å². The van der Waals surface area contributed by atoms with Gasteiger partial charge in [0.1, 0.15) is 5.75 Å². The summed E-state index contributed by atoms with van der Waals surface area (Å²) in [5, 5.41) is 2.84. The highest BCUT2D eigenvalue weighted by atomic mass is 16.5. The van der Waals surface area contributed by atoms with Gasteiger partial charge in [-0.1, -0.05) is 6.07 Å². The van der Waals surface area contributed by atoms with Crippen molar-refractivity contribution in [1.29, 1.82) is 0 Å². The van der Waals surface area contributed by atoms with Crippen molar-refractivity contribution in [2.24, 2.45) is 0 Å². The summed E-state index contributed by atoms with van der Waals surface area (Å²) >= 11 is 0. The van der Waals surface area contributed by atoms with Gasteiger partial charge in [0.15, 0.2) is 11.5 Å². The largest absolute Gasteiger partial charge is 0.493 e. The molecule has 0 aliphatic carbocycles. The number of ether oxygens (including phenoxy) is 3. The van der Waals surface area contributed by atoms with E-state index in [0.717, 1.165) is 0 Å². The highest BCUT2D eigenvalue weighted by Gasteiger charge is 2.12. The first-order valence-corrected chi connectivity index (χ1v) is 8.35. The van der Waals surface area contributed by atoms with Crippen molar-refractivity contribution in [3.8, 4) is 23.1 Å². The number of rotatable bonds is 7. The normalized spacial score (nSPS) is 10.1. The fraction of sp³-hybridized carbons (Fsp3) is 0.150. The van der Waals surface area contributed by atoms with E-state index >= 15 is 0 Å². The van der Waals surface area contributed by atoms with Gasteiger partial charge in [-0.05, 0) is 37.3 Å². The predicted octanol–water partition coefficient (Wildman–Crippen LogP) is 3.93. The molecule has 0 fully saturated rings. The summed E-state index contributed by atoms with van der Waals surface area (Å²) in [6.45, 7) is 2.40. The highest BCUT2D eigenvalue weighted by molar-refractivity contribution is 6.04. The van der Waals surface area contributed by atoms with Crippen molar-refractivity contribution in [3.63, 3.8) is 0 Å². The van der Waals surface area contributed by atoms with E-state index < -0.39 is 0 Å². The molecule has 138 valence electrons. The molecule has 7 nitrogen and oxygen atoms in total. The number of carbonyl (C=O) groups is 1. The Kier molecular flexibility index (Phi) is 5.84. The van der Waals surface area contributed by atoms with Crippen molar-refractivity contribution < 1.29 is 19.0 Å². The number of aromatic nitrogens is 2. The van der Waals surface area contributed by atoms with Crippen LogP contribution in [0.2, 0.25) is 0 Å². The minimum Gasteiger partial charge on any atom is -0.493 e. The first-order valence-electron chi connectivity index (χ1n) is 8.35. The van der Waals surface area contributed by atoms with E-state index in [1.807, 2.05) is 6.92 Å². The Morgan fingerprint density at radius 1 is 1.11 bits per heavy atom. The molecule has 27 heavy (non-hydrogen) atoms. The number of anilines is 1. The van der Waals surface area contributed by atoms with Crippen LogP contribution in [-0.2, 0) is 0 Å². The zero-order valence-electron chi connectivity index (χ0n) is 15.0. The number of nitrogens with zero attached hydrogens (tertiary/aromatic N) is 2. The second kappa shape index (κ2) is 8.66. The van der Waals surface area contributed by atoms with Crippen LogP contribution in [-0.4, -0.2) is 29.6 Å². The molecular weight excluding hydrogens is 346 g/mol. The van der Waals surface area contributed by atoms with Gasteiger partial charge >= 0.3 is 0 Å². The molecule has 0 aliphatic heterocycles. The van der Waals surface area contributed by atoms with Gasteiger partial charge in [-0.25, -0.2) is 4.98 Å². The average molecular weight is 365 g/mol. The van der Waals surface area contributed by atoms with E-state index in [0.29, 0.717) is 41.0 Å². The SMILES string of the molecule is CCOc1ccc(C(=O)Nc2cccc(Oc3cnccn3)c2)cc1OC. The summed E-state index contributed by atoms with van der Waals surface area (Å²) in [6.07, 6.45) is 4.62. The van der Waals surface area contributed by atoms with Crippen LogP contribution in [0.1, 0.15) is 17.3 Å². The van der Waals surface area contributed by atoms with Gasteiger partial charge in [-0.15, -0.1) is 0 Å². The summed E-state index contributed by atoms with van der Waals surface area (Å²) in [7, 11) is 1.53. The molecule has 0 spiro atoms. The summed E-state index contributed by atoms with van der Waals surface area (Å²) in [6, 6.07) is 12.1. The number of amides is 1. The van der Waals surface area contributed by atoms with E-state index in [-0.39, 0.29) is 5.91 Å². The Labute approximate surface area is 156 Å². The zero-order chi connectivity index (χ0) is 19.1. The fourth-order valence-corrected chi connectivity index (χ4v) is 2.38. The van der Waals surface area contributed by atoms with Crippen molar-refractivity contribution >= 4 is 11.6 Å². The first-order chi connectivity index (χ1) is 13.2. The third-order valence-corrected chi connectivity index (χ3v) is 3.58. The maximum atomic E-state index is 12.6. The van der Waals surface area contributed by atoms with E-state index in [9.17, 15) is 4.79 Å². The Morgan fingerprint density at radius 3 is 2.74 bits per heavy atom. The number of carbonyl (C=O) groups excluding carboxylic acids is 1. The summed E-state index contributed by atoms with van der Waals surface area (Å²) in [4.78, 5) is 20.6. The molecule has 2 aromatic carbocycles. The molecule has 1 amide bonds. The number of hydrogen-bond donors (Lipinski definition) is 1. The zero-order valence-corrected chi connectivity index (χ0v) is 15.0. The van der Waals surface area contributed by atoms with Gasteiger partial charge in [0.2, 0.25) is 5.88 Å². The van der Waals surface area contributed by atoms with Crippen LogP contribution in [0.15, 0.2) is 61.1 Å². The second-order valence-electron chi connectivity index (χ2n) is 5.43.